The Labute approximate surface area is 178 Å². The van der Waals surface area contributed by atoms with Gasteiger partial charge in [0.05, 0.1) is 11.7 Å². The lowest BCUT2D eigenvalue weighted by Crippen LogP contribution is -2.67. The van der Waals surface area contributed by atoms with Crippen molar-refractivity contribution in [2.24, 2.45) is 23.2 Å². The van der Waals surface area contributed by atoms with E-state index in [4.69, 9.17) is 4.74 Å². The number of rotatable bonds is 4. The van der Waals surface area contributed by atoms with Crippen LogP contribution in [0.2, 0.25) is 0 Å². The van der Waals surface area contributed by atoms with Crippen molar-refractivity contribution in [1.29, 1.82) is 5.26 Å². The molecule has 30 heavy (non-hydrogen) atoms. The number of aliphatic hydroxyl groups is 1. The van der Waals surface area contributed by atoms with Crippen LogP contribution in [0.1, 0.15) is 72.1 Å². The molecule has 6 aliphatic rings. The lowest BCUT2D eigenvalue weighted by Gasteiger charge is -2.63. The van der Waals surface area contributed by atoms with Crippen LogP contribution in [0, 0.1) is 34.5 Å². The van der Waals surface area contributed by atoms with E-state index in [0.717, 1.165) is 51.2 Å². The Morgan fingerprint density at radius 2 is 1.90 bits per heavy atom. The summed E-state index contributed by atoms with van der Waals surface area (Å²) in [4.78, 5) is 26.1. The summed E-state index contributed by atoms with van der Waals surface area (Å²) < 4.78 is 5.76. The number of amides is 1. The molecule has 164 valence electrons. The summed E-state index contributed by atoms with van der Waals surface area (Å²) in [7, 11) is 0. The first-order chi connectivity index (χ1) is 14.1. The second-order valence-electron chi connectivity index (χ2n) is 11.8. The van der Waals surface area contributed by atoms with Crippen LogP contribution in [-0.2, 0) is 9.53 Å². The first-order valence-electron chi connectivity index (χ1n) is 11.4. The van der Waals surface area contributed by atoms with Gasteiger partial charge in [-0.25, -0.2) is 9.80 Å². The van der Waals surface area contributed by atoms with E-state index >= 15 is 0 Å². The summed E-state index contributed by atoms with van der Waals surface area (Å²) in [5.41, 5.74) is -1.87. The zero-order valence-corrected chi connectivity index (χ0v) is 18.2. The minimum absolute atomic E-state index is 0.126. The second kappa shape index (κ2) is 6.43. The van der Waals surface area contributed by atoms with Crippen molar-refractivity contribution in [2.75, 3.05) is 0 Å². The minimum Gasteiger partial charge on any atom is -0.443 e. The van der Waals surface area contributed by atoms with Crippen LogP contribution < -0.4 is 0 Å². The van der Waals surface area contributed by atoms with Gasteiger partial charge in [0, 0.05) is 11.5 Å². The van der Waals surface area contributed by atoms with Crippen LogP contribution in [0.15, 0.2) is 0 Å². The zero-order valence-electron chi connectivity index (χ0n) is 18.2. The first-order valence-corrected chi connectivity index (χ1v) is 11.4. The van der Waals surface area contributed by atoms with Crippen LogP contribution in [0.25, 0.3) is 0 Å². The predicted molar refractivity (Wildman–Crippen MR) is 108 cm³/mol. The van der Waals surface area contributed by atoms with Gasteiger partial charge in [-0.15, -0.1) is 0 Å². The van der Waals surface area contributed by atoms with Gasteiger partial charge in [0.1, 0.15) is 24.0 Å². The van der Waals surface area contributed by atoms with Crippen molar-refractivity contribution in [3.63, 3.8) is 0 Å². The number of aldehydes is 1. The maximum absolute atomic E-state index is 13.5. The molecule has 6 atom stereocenters. The number of fused-ring (bicyclic) bond motifs is 1. The standard InChI is InChI=1S/C23H33N3O4/c1-21(2,3)30-20(28)26(25-17(11-24)5-16-6-18(16)25)19(12-27)22-7-14-4-15(8-22)10-23(29,9-14)13-22/h12,14-19,29H,4-10,13H2,1-3H3/t14?,15?,16-,17+,18+,19?,22?,23?/m1/s1. The SMILES string of the molecule is CC(C)(C)OC(=O)N(C(C=O)C12CC3CC(CC(O)(C3)C1)C2)N1[C@H](C#N)C[C@@H]2C[C@@H]21. The number of ether oxygens (including phenoxy) is 1. The fourth-order valence-corrected chi connectivity index (χ4v) is 7.61. The Morgan fingerprint density at radius 3 is 2.43 bits per heavy atom. The monoisotopic (exact) mass is 415 g/mol. The molecule has 7 nitrogen and oxygen atoms in total. The molecule has 0 aromatic rings. The minimum atomic E-state index is -0.729. The maximum Gasteiger partial charge on any atom is 0.425 e. The Kier molecular flexibility index (Phi) is 4.34. The Balaban J connectivity index is 1.53. The molecule has 6 fully saturated rings. The quantitative estimate of drug-likeness (QED) is 0.710. The van der Waals surface area contributed by atoms with Crippen molar-refractivity contribution in [3.05, 3.63) is 0 Å². The van der Waals surface area contributed by atoms with Gasteiger partial charge in [-0.05, 0) is 89.9 Å². The van der Waals surface area contributed by atoms with Crippen LogP contribution in [0.4, 0.5) is 4.79 Å². The van der Waals surface area contributed by atoms with Crippen LogP contribution in [0.3, 0.4) is 0 Å². The molecule has 0 aromatic heterocycles. The highest BCUT2D eigenvalue weighted by molar-refractivity contribution is 5.74. The number of hydrogen-bond acceptors (Lipinski definition) is 6. The van der Waals surface area contributed by atoms with E-state index in [1.807, 2.05) is 25.8 Å². The Bertz CT molecular complexity index is 785. The topological polar surface area (TPSA) is 93.9 Å². The van der Waals surface area contributed by atoms with E-state index in [9.17, 15) is 20.0 Å². The van der Waals surface area contributed by atoms with Gasteiger partial charge in [0.15, 0.2) is 0 Å². The van der Waals surface area contributed by atoms with Gasteiger partial charge in [-0.3, -0.25) is 0 Å². The average molecular weight is 416 g/mol. The lowest BCUT2D eigenvalue weighted by molar-refractivity contribution is -0.201. The van der Waals surface area contributed by atoms with Gasteiger partial charge < -0.3 is 14.6 Å². The third-order valence-electron chi connectivity index (χ3n) is 8.14. The fourth-order valence-electron chi connectivity index (χ4n) is 7.61. The first kappa shape index (κ1) is 20.3. The number of carbonyl (C=O) groups is 2. The smallest absolute Gasteiger partial charge is 0.425 e. The van der Waals surface area contributed by atoms with Gasteiger partial charge in [0.25, 0.3) is 0 Å². The van der Waals surface area contributed by atoms with Gasteiger partial charge >= 0.3 is 6.09 Å². The number of piperidine rings is 1. The Morgan fingerprint density at radius 1 is 1.23 bits per heavy atom. The summed E-state index contributed by atoms with van der Waals surface area (Å²) in [5, 5.41) is 24.4. The van der Waals surface area contributed by atoms with Crippen molar-refractivity contribution in [3.8, 4) is 6.07 Å². The zero-order chi connectivity index (χ0) is 21.5. The van der Waals surface area contributed by atoms with Crippen LogP contribution in [0.5, 0.6) is 0 Å². The van der Waals surface area contributed by atoms with Crippen molar-refractivity contribution in [1.82, 2.24) is 10.0 Å². The molecule has 5 aliphatic carbocycles. The molecule has 0 spiro atoms. The van der Waals surface area contributed by atoms with Gasteiger partial charge in [0.2, 0.25) is 0 Å². The lowest BCUT2D eigenvalue weighted by atomic mass is 9.46. The highest BCUT2D eigenvalue weighted by Crippen LogP contribution is 2.64. The molecule has 1 heterocycles. The highest BCUT2D eigenvalue weighted by atomic mass is 16.6. The molecule has 5 saturated carbocycles. The van der Waals surface area contributed by atoms with E-state index in [-0.39, 0.29) is 6.04 Å². The molecule has 0 radical (unpaired) electrons. The van der Waals surface area contributed by atoms with Crippen LogP contribution in [-0.4, -0.2) is 56.8 Å². The van der Waals surface area contributed by atoms with Crippen molar-refractivity contribution < 1.29 is 19.4 Å². The highest BCUT2D eigenvalue weighted by Gasteiger charge is 2.64. The Hall–Kier alpha value is -1.65. The normalized spacial score (nSPS) is 44.8. The molecule has 1 saturated heterocycles. The van der Waals surface area contributed by atoms with E-state index in [0.29, 0.717) is 24.2 Å². The molecule has 4 bridgehead atoms. The summed E-state index contributed by atoms with van der Waals surface area (Å²) in [5.74, 6) is 1.21. The molecule has 1 amide bonds. The number of carbonyl (C=O) groups excluding carboxylic acids is 2. The molecule has 3 unspecified atom stereocenters. The molecule has 1 N–H and O–H groups in total. The second-order valence-corrected chi connectivity index (χ2v) is 11.8. The van der Waals surface area contributed by atoms with E-state index in [1.165, 1.54) is 5.01 Å². The fraction of sp³-hybridized carbons (Fsp3) is 0.870. The summed E-state index contributed by atoms with van der Waals surface area (Å²) in [6.07, 6.45) is 7.00. The third kappa shape index (κ3) is 3.15. The maximum atomic E-state index is 13.5. The van der Waals surface area contributed by atoms with E-state index < -0.39 is 34.8 Å². The third-order valence-corrected chi connectivity index (χ3v) is 8.14. The molecular formula is C23H33N3O4. The number of nitriles is 1. The number of hydrazine groups is 1. The summed E-state index contributed by atoms with van der Waals surface area (Å²) >= 11 is 0. The summed E-state index contributed by atoms with van der Waals surface area (Å²) in [6, 6.07) is 1.35. The van der Waals surface area contributed by atoms with Gasteiger partial charge in [-0.2, -0.15) is 10.3 Å². The molecule has 0 aromatic carbocycles. The number of nitrogens with zero attached hydrogens (tertiary/aromatic N) is 3. The molecule has 7 heteroatoms. The molecule has 6 rings (SSSR count). The number of hydrogen-bond donors (Lipinski definition) is 1. The summed E-state index contributed by atoms with van der Waals surface area (Å²) in [6.45, 7) is 5.45. The van der Waals surface area contributed by atoms with Crippen LogP contribution >= 0.6 is 0 Å². The van der Waals surface area contributed by atoms with Gasteiger partial charge in [-0.1, -0.05) is 0 Å². The average Bonchev–Trinajstić information content (AvgIpc) is 3.27. The van der Waals surface area contributed by atoms with E-state index in [2.05, 4.69) is 6.07 Å². The predicted octanol–water partition coefficient (Wildman–Crippen LogP) is 3.02. The largest absolute Gasteiger partial charge is 0.443 e. The van der Waals surface area contributed by atoms with Crippen molar-refractivity contribution >= 4 is 12.4 Å². The van der Waals surface area contributed by atoms with E-state index in [1.54, 1.807) is 0 Å². The van der Waals surface area contributed by atoms with Crippen molar-refractivity contribution in [2.45, 2.75) is 101 Å². The molecule has 1 aliphatic heterocycles. The molecular weight excluding hydrogens is 382 g/mol.